The van der Waals surface area contributed by atoms with E-state index in [2.05, 4.69) is 4.98 Å². The number of halogens is 1. The number of para-hydroxylation sites is 1. The van der Waals surface area contributed by atoms with Crippen molar-refractivity contribution in [1.82, 2.24) is 4.98 Å². The molecule has 2 aromatic heterocycles. The molecule has 1 aromatic carbocycles. The number of aromatic nitrogens is 1. The lowest BCUT2D eigenvalue weighted by molar-refractivity contribution is 0.101. The predicted molar refractivity (Wildman–Crippen MR) is 66.5 cm³/mol. The molecule has 0 aliphatic heterocycles. The van der Waals surface area contributed by atoms with E-state index in [0.717, 1.165) is 5.39 Å². The van der Waals surface area contributed by atoms with Crippen LogP contribution in [0.3, 0.4) is 0 Å². The molecule has 3 aromatic rings. The van der Waals surface area contributed by atoms with E-state index < -0.39 is 0 Å². The second-order valence-corrected chi connectivity index (χ2v) is 4.22. The molecule has 0 fully saturated rings. The SMILES string of the molecule is CC(=O)c1cccc2c1oc1c(Cl)ccnc12. The average molecular weight is 246 g/mol. The van der Waals surface area contributed by atoms with Crippen molar-refractivity contribution in [3.63, 3.8) is 0 Å². The van der Waals surface area contributed by atoms with Gasteiger partial charge in [-0.15, -0.1) is 0 Å². The lowest BCUT2D eigenvalue weighted by Crippen LogP contribution is -1.91. The molecule has 0 amide bonds. The van der Waals surface area contributed by atoms with E-state index >= 15 is 0 Å². The normalized spacial score (nSPS) is 11.2. The summed E-state index contributed by atoms with van der Waals surface area (Å²) in [6, 6.07) is 7.09. The Morgan fingerprint density at radius 2 is 2.12 bits per heavy atom. The first-order valence-corrected chi connectivity index (χ1v) is 5.53. The third-order valence-corrected chi connectivity index (χ3v) is 3.01. The van der Waals surface area contributed by atoms with Gasteiger partial charge in [0.1, 0.15) is 11.1 Å². The van der Waals surface area contributed by atoms with Crippen molar-refractivity contribution in [2.75, 3.05) is 0 Å². The highest BCUT2D eigenvalue weighted by Gasteiger charge is 2.15. The van der Waals surface area contributed by atoms with Crippen LogP contribution in [0.25, 0.3) is 22.1 Å². The van der Waals surface area contributed by atoms with Crippen molar-refractivity contribution in [3.05, 3.63) is 41.0 Å². The van der Waals surface area contributed by atoms with Gasteiger partial charge in [-0.25, -0.2) is 0 Å². The summed E-state index contributed by atoms with van der Waals surface area (Å²) in [5.74, 6) is -0.0363. The van der Waals surface area contributed by atoms with Gasteiger partial charge in [-0.3, -0.25) is 9.78 Å². The molecular weight excluding hydrogens is 238 g/mol. The minimum Gasteiger partial charge on any atom is -0.452 e. The fraction of sp³-hybridized carbons (Fsp3) is 0.0769. The molecular formula is C13H8ClNO2. The second-order valence-electron chi connectivity index (χ2n) is 3.81. The maximum atomic E-state index is 11.5. The largest absolute Gasteiger partial charge is 0.452 e. The molecule has 0 radical (unpaired) electrons. The molecule has 0 aliphatic carbocycles. The van der Waals surface area contributed by atoms with Gasteiger partial charge in [0.05, 0.1) is 10.6 Å². The Labute approximate surface area is 102 Å². The standard InChI is InChI=1S/C13H8ClNO2/c1-7(16)8-3-2-4-9-11-13(17-12(8)9)10(14)5-6-15-11/h2-6H,1H3. The molecule has 0 atom stereocenters. The first-order valence-electron chi connectivity index (χ1n) is 5.15. The lowest BCUT2D eigenvalue weighted by atomic mass is 10.1. The molecule has 4 heteroatoms. The number of hydrogen-bond donors (Lipinski definition) is 0. The summed E-state index contributed by atoms with van der Waals surface area (Å²) >= 11 is 6.04. The monoisotopic (exact) mass is 245 g/mol. The fourth-order valence-electron chi connectivity index (χ4n) is 1.93. The molecule has 0 bridgehead atoms. The third-order valence-electron chi connectivity index (χ3n) is 2.71. The van der Waals surface area contributed by atoms with Crippen LogP contribution in [-0.4, -0.2) is 10.8 Å². The van der Waals surface area contributed by atoms with Crippen LogP contribution in [0.15, 0.2) is 34.9 Å². The van der Waals surface area contributed by atoms with Gasteiger partial charge in [0.2, 0.25) is 0 Å². The maximum absolute atomic E-state index is 11.5. The van der Waals surface area contributed by atoms with Gasteiger partial charge in [-0.2, -0.15) is 0 Å². The van der Waals surface area contributed by atoms with Crippen molar-refractivity contribution in [3.8, 4) is 0 Å². The van der Waals surface area contributed by atoms with Crippen LogP contribution < -0.4 is 0 Å². The number of furan rings is 1. The highest BCUT2D eigenvalue weighted by atomic mass is 35.5. The molecule has 0 unspecified atom stereocenters. The molecule has 0 saturated carbocycles. The number of fused-ring (bicyclic) bond motifs is 3. The fourth-order valence-corrected chi connectivity index (χ4v) is 2.11. The number of nitrogens with zero attached hydrogens (tertiary/aromatic N) is 1. The minimum absolute atomic E-state index is 0.0363. The summed E-state index contributed by atoms with van der Waals surface area (Å²) in [5, 5.41) is 1.32. The number of benzene rings is 1. The van der Waals surface area contributed by atoms with Gasteiger partial charge in [0.25, 0.3) is 0 Å². The molecule has 3 nitrogen and oxygen atoms in total. The lowest BCUT2D eigenvalue weighted by Gasteiger charge is -1.95. The summed E-state index contributed by atoms with van der Waals surface area (Å²) in [6.07, 6.45) is 1.63. The zero-order chi connectivity index (χ0) is 12.0. The van der Waals surface area contributed by atoms with E-state index in [-0.39, 0.29) is 5.78 Å². The van der Waals surface area contributed by atoms with E-state index in [1.54, 1.807) is 18.3 Å². The first-order chi connectivity index (χ1) is 8.18. The van der Waals surface area contributed by atoms with Crippen LogP contribution in [0.4, 0.5) is 0 Å². The van der Waals surface area contributed by atoms with Crippen molar-refractivity contribution < 1.29 is 9.21 Å². The second kappa shape index (κ2) is 3.57. The summed E-state index contributed by atoms with van der Waals surface area (Å²) in [5.41, 5.74) is 2.32. The van der Waals surface area contributed by atoms with Crippen LogP contribution in [0, 0.1) is 0 Å². The minimum atomic E-state index is -0.0363. The topological polar surface area (TPSA) is 43.1 Å². The number of Topliss-reactive ketones (excluding diaryl/α,β-unsaturated/α-hetero) is 1. The Balaban J connectivity index is 2.55. The van der Waals surface area contributed by atoms with E-state index in [9.17, 15) is 4.79 Å². The molecule has 0 saturated heterocycles. The number of rotatable bonds is 1. The quantitative estimate of drug-likeness (QED) is 0.612. The Hall–Kier alpha value is -1.87. The van der Waals surface area contributed by atoms with Crippen LogP contribution in [0.2, 0.25) is 5.02 Å². The highest BCUT2D eigenvalue weighted by Crippen LogP contribution is 2.33. The summed E-state index contributed by atoms with van der Waals surface area (Å²) in [4.78, 5) is 15.7. The molecule has 84 valence electrons. The first kappa shape index (κ1) is 10.3. The zero-order valence-electron chi connectivity index (χ0n) is 9.03. The van der Waals surface area contributed by atoms with Gasteiger partial charge < -0.3 is 4.42 Å². The van der Waals surface area contributed by atoms with E-state index in [4.69, 9.17) is 16.0 Å². The van der Waals surface area contributed by atoms with Crippen LogP contribution in [0.1, 0.15) is 17.3 Å². The Kier molecular flexibility index (Phi) is 2.16. The maximum Gasteiger partial charge on any atom is 0.172 e. The zero-order valence-corrected chi connectivity index (χ0v) is 9.78. The molecule has 2 heterocycles. The molecule has 0 spiro atoms. The Morgan fingerprint density at radius 1 is 1.29 bits per heavy atom. The molecule has 3 rings (SSSR count). The molecule has 0 N–H and O–H groups in total. The predicted octanol–water partition coefficient (Wildman–Crippen LogP) is 3.84. The van der Waals surface area contributed by atoms with Crippen LogP contribution in [-0.2, 0) is 0 Å². The Bertz CT molecular complexity index is 746. The Morgan fingerprint density at radius 3 is 2.88 bits per heavy atom. The third kappa shape index (κ3) is 1.43. The van der Waals surface area contributed by atoms with Gasteiger partial charge in [-0.1, -0.05) is 17.7 Å². The highest BCUT2D eigenvalue weighted by molar-refractivity contribution is 6.35. The summed E-state index contributed by atoms with van der Waals surface area (Å²) in [6.45, 7) is 1.51. The van der Waals surface area contributed by atoms with Gasteiger partial charge in [0, 0.05) is 11.6 Å². The van der Waals surface area contributed by atoms with Gasteiger partial charge >= 0.3 is 0 Å². The van der Waals surface area contributed by atoms with E-state index in [1.165, 1.54) is 6.92 Å². The van der Waals surface area contributed by atoms with Crippen molar-refractivity contribution in [2.24, 2.45) is 0 Å². The number of carbonyl (C=O) groups is 1. The van der Waals surface area contributed by atoms with E-state index in [0.29, 0.717) is 27.3 Å². The number of carbonyl (C=O) groups excluding carboxylic acids is 1. The molecule has 17 heavy (non-hydrogen) atoms. The summed E-state index contributed by atoms with van der Waals surface area (Å²) < 4.78 is 5.66. The summed E-state index contributed by atoms with van der Waals surface area (Å²) in [7, 11) is 0. The van der Waals surface area contributed by atoms with Gasteiger partial charge in [-0.05, 0) is 25.1 Å². The smallest absolute Gasteiger partial charge is 0.172 e. The van der Waals surface area contributed by atoms with Gasteiger partial charge in [0.15, 0.2) is 11.4 Å². The van der Waals surface area contributed by atoms with Crippen molar-refractivity contribution in [2.45, 2.75) is 6.92 Å². The number of pyridine rings is 1. The van der Waals surface area contributed by atoms with Crippen LogP contribution in [0.5, 0.6) is 0 Å². The van der Waals surface area contributed by atoms with Crippen molar-refractivity contribution in [1.29, 1.82) is 0 Å². The van der Waals surface area contributed by atoms with Crippen LogP contribution >= 0.6 is 11.6 Å². The van der Waals surface area contributed by atoms with E-state index in [1.807, 2.05) is 12.1 Å². The average Bonchev–Trinajstić information content (AvgIpc) is 2.69. The number of ketones is 1. The molecule has 0 aliphatic rings. The van der Waals surface area contributed by atoms with Crippen molar-refractivity contribution >= 4 is 39.5 Å². The number of hydrogen-bond acceptors (Lipinski definition) is 3.